The normalized spacial score (nSPS) is 10.6. The van der Waals surface area contributed by atoms with Crippen LogP contribution in [0.3, 0.4) is 0 Å². The molecule has 3 aromatic rings. The van der Waals surface area contributed by atoms with Gasteiger partial charge in [0.1, 0.15) is 18.1 Å². The Kier molecular flexibility index (Phi) is 5.37. The monoisotopic (exact) mass is 350 g/mol. The predicted octanol–water partition coefficient (Wildman–Crippen LogP) is 4.14. The van der Waals surface area contributed by atoms with E-state index in [0.29, 0.717) is 24.5 Å². The lowest BCUT2D eigenvalue weighted by Gasteiger charge is -2.18. The number of carbonyl (C=O) groups is 1. The van der Waals surface area contributed by atoms with Crippen molar-refractivity contribution in [2.75, 3.05) is 7.05 Å². The summed E-state index contributed by atoms with van der Waals surface area (Å²) in [6, 6.07) is 17.1. The summed E-state index contributed by atoms with van der Waals surface area (Å²) in [5.41, 5.74) is 3.44. The van der Waals surface area contributed by atoms with E-state index < -0.39 is 0 Å². The number of amides is 1. The van der Waals surface area contributed by atoms with E-state index in [2.05, 4.69) is 5.16 Å². The zero-order valence-electron chi connectivity index (χ0n) is 15.2. The van der Waals surface area contributed by atoms with Crippen molar-refractivity contribution in [3.05, 3.63) is 82.7 Å². The van der Waals surface area contributed by atoms with Crippen molar-refractivity contribution in [2.45, 2.75) is 27.0 Å². The van der Waals surface area contributed by atoms with Gasteiger partial charge in [-0.25, -0.2) is 0 Å². The molecule has 0 aliphatic rings. The maximum Gasteiger partial charge on any atom is 0.254 e. The quantitative estimate of drug-likeness (QED) is 0.670. The molecule has 134 valence electrons. The molecule has 2 aromatic carbocycles. The van der Waals surface area contributed by atoms with Gasteiger partial charge >= 0.3 is 0 Å². The summed E-state index contributed by atoms with van der Waals surface area (Å²) in [4.78, 5) is 14.4. The van der Waals surface area contributed by atoms with Crippen molar-refractivity contribution < 1.29 is 14.1 Å². The second-order valence-electron chi connectivity index (χ2n) is 6.27. The van der Waals surface area contributed by atoms with Gasteiger partial charge in [0.15, 0.2) is 0 Å². The number of nitrogens with zero attached hydrogens (tertiary/aromatic N) is 2. The lowest BCUT2D eigenvalue weighted by molar-refractivity contribution is 0.0784. The van der Waals surface area contributed by atoms with Crippen LogP contribution in [0.25, 0.3) is 0 Å². The Bertz CT molecular complexity index is 868. The maximum absolute atomic E-state index is 12.7. The molecule has 0 fully saturated rings. The van der Waals surface area contributed by atoms with Gasteiger partial charge in [0.2, 0.25) is 0 Å². The third-order valence-electron chi connectivity index (χ3n) is 4.25. The Hall–Kier alpha value is -3.08. The van der Waals surface area contributed by atoms with Gasteiger partial charge in [0.25, 0.3) is 5.91 Å². The van der Waals surface area contributed by atoms with Gasteiger partial charge in [-0.05, 0) is 37.6 Å². The van der Waals surface area contributed by atoms with Crippen molar-refractivity contribution >= 4 is 5.91 Å². The summed E-state index contributed by atoms with van der Waals surface area (Å²) in [5, 5.41) is 3.92. The second-order valence-corrected chi connectivity index (χ2v) is 6.27. The highest BCUT2D eigenvalue weighted by Crippen LogP contribution is 2.19. The number of ether oxygens (including phenoxy) is 1. The highest BCUT2D eigenvalue weighted by Gasteiger charge is 2.14. The van der Waals surface area contributed by atoms with E-state index in [4.69, 9.17) is 9.26 Å². The van der Waals surface area contributed by atoms with E-state index in [1.54, 1.807) is 24.1 Å². The number of aromatic nitrogens is 1. The van der Waals surface area contributed by atoms with Crippen LogP contribution in [0.15, 0.2) is 59.1 Å². The number of rotatable bonds is 6. The molecule has 0 aliphatic carbocycles. The van der Waals surface area contributed by atoms with Gasteiger partial charge in [0, 0.05) is 19.2 Å². The molecule has 0 atom stereocenters. The van der Waals surface area contributed by atoms with Crippen molar-refractivity contribution in [3.63, 3.8) is 0 Å². The van der Waals surface area contributed by atoms with E-state index in [0.717, 1.165) is 22.6 Å². The second kappa shape index (κ2) is 7.87. The molecular weight excluding hydrogens is 328 g/mol. The summed E-state index contributed by atoms with van der Waals surface area (Å²) in [6.07, 6.45) is 0. The van der Waals surface area contributed by atoms with Gasteiger partial charge in [-0.2, -0.15) is 0 Å². The first kappa shape index (κ1) is 17.7. The number of hydrogen-bond donors (Lipinski definition) is 0. The van der Waals surface area contributed by atoms with Crippen molar-refractivity contribution in [1.29, 1.82) is 0 Å². The van der Waals surface area contributed by atoms with Gasteiger partial charge in [-0.15, -0.1) is 0 Å². The lowest BCUT2D eigenvalue weighted by atomic mass is 10.1. The van der Waals surface area contributed by atoms with Gasteiger partial charge in [-0.3, -0.25) is 4.79 Å². The molecule has 0 saturated carbocycles. The summed E-state index contributed by atoms with van der Waals surface area (Å²) < 4.78 is 11.0. The van der Waals surface area contributed by atoms with E-state index in [1.807, 2.05) is 56.3 Å². The maximum atomic E-state index is 12.7. The SMILES string of the molecule is Cc1noc(C)c1COc1cccc(C(=O)N(C)Cc2ccccc2)c1. The predicted molar refractivity (Wildman–Crippen MR) is 99.0 cm³/mol. The molecular formula is C21H22N2O3. The summed E-state index contributed by atoms with van der Waals surface area (Å²) in [7, 11) is 1.80. The molecule has 5 heteroatoms. The smallest absolute Gasteiger partial charge is 0.254 e. The number of aryl methyl sites for hydroxylation is 2. The molecule has 0 bridgehead atoms. The Labute approximate surface area is 153 Å². The van der Waals surface area contributed by atoms with Crippen LogP contribution in [0.1, 0.15) is 32.9 Å². The van der Waals surface area contributed by atoms with Crippen molar-refractivity contribution in [3.8, 4) is 5.75 Å². The fraction of sp³-hybridized carbons (Fsp3) is 0.238. The van der Waals surface area contributed by atoms with E-state index in [1.165, 1.54) is 0 Å². The fourth-order valence-corrected chi connectivity index (χ4v) is 2.73. The van der Waals surface area contributed by atoms with Crippen LogP contribution in [-0.2, 0) is 13.2 Å². The third-order valence-corrected chi connectivity index (χ3v) is 4.25. The third kappa shape index (κ3) is 4.11. The van der Waals surface area contributed by atoms with Crippen LogP contribution >= 0.6 is 0 Å². The molecule has 26 heavy (non-hydrogen) atoms. The van der Waals surface area contributed by atoms with Gasteiger partial charge < -0.3 is 14.2 Å². The topological polar surface area (TPSA) is 55.6 Å². The average Bonchev–Trinajstić information content (AvgIpc) is 2.98. The number of hydrogen-bond acceptors (Lipinski definition) is 4. The van der Waals surface area contributed by atoms with Gasteiger partial charge in [-0.1, -0.05) is 41.6 Å². The van der Waals surface area contributed by atoms with Crippen LogP contribution in [0.5, 0.6) is 5.75 Å². The Morgan fingerprint density at radius 1 is 1.12 bits per heavy atom. The molecule has 0 N–H and O–H groups in total. The first-order valence-corrected chi connectivity index (χ1v) is 8.48. The van der Waals surface area contributed by atoms with Crippen LogP contribution in [0.2, 0.25) is 0 Å². The zero-order chi connectivity index (χ0) is 18.5. The molecule has 0 aliphatic heterocycles. The lowest BCUT2D eigenvalue weighted by Crippen LogP contribution is -2.26. The van der Waals surface area contributed by atoms with Crippen molar-refractivity contribution in [2.24, 2.45) is 0 Å². The molecule has 0 spiro atoms. The van der Waals surface area contributed by atoms with Crippen LogP contribution in [-0.4, -0.2) is 23.0 Å². The standard InChI is InChI=1S/C21H22N2O3/c1-15-20(16(2)26-22-15)14-25-19-11-7-10-18(12-19)21(24)23(3)13-17-8-5-4-6-9-17/h4-12H,13-14H2,1-3H3. The molecule has 0 saturated heterocycles. The van der Waals surface area contributed by atoms with Gasteiger partial charge in [0.05, 0.1) is 11.3 Å². The molecule has 0 unspecified atom stereocenters. The highest BCUT2D eigenvalue weighted by atomic mass is 16.5. The van der Waals surface area contributed by atoms with E-state index in [9.17, 15) is 4.79 Å². The highest BCUT2D eigenvalue weighted by molar-refractivity contribution is 5.94. The Morgan fingerprint density at radius 2 is 1.88 bits per heavy atom. The van der Waals surface area contributed by atoms with E-state index >= 15 is 0 Å². The zero-order valence-corrected chi connectivity index (χ0v) is 15.2. The van der Waals surface area contributed by atoms with Crippen LogP contribution in [0, 0.1) is 13.8 Å². The summed E-state index contributed by atoms with van der Waals surface area (Å²) in [6.45, 7) is 4.66. The molecule has 1 heterocycles. The Morgan fingerprint density at radius 3 is 2.58 bits per heavy atom. The van der Waals surface area contributed by atoms with Crippen LogP contribution < -0.4 is 4.74 Å². The first-order valence-electron chi connectivity index (χ1n) is 8.48. The first-order chi connectivity index (χ1) is 12.5. The largest absolute Gasteiger partial charge is 0.489 e. The minimum absolute atomic E-state index is 0.0448. The molecule has 0 radical (unpaired) electrons. The summed E-state index contributed by atoms with van der Waals surface area (Å²) >= 11 is 0. The minimum atomic E-state index is -0.0448. The summed E-state index contributed by atoms with van der Waals surface area (Å²) in [5.74, 6) is 1.35. The Balaban J connectivity index is 1.67. The molecule has 1 aromatic heterocycles. The number of carbonyl (C=O) groups excluding carboxylic acids is 1. The van der Waals surface area contributed by atoms with E-state index in [-0.39, 0.29) is 5.91 Å². The van der Waals surface area contributed by atoms with Crippen molar-refractivity contribution in [1.82, 2.24) is 10.1 Å². The molecule has 5 nitrogen and oxygen atoms in total. The average molecular weight is 350 g/mol. The van der Waals surface area contributed by atoms with Crippen LogP contribution in [0.4, 0.5) is 0 Å². The fourth-order valence-electron chi connectivity index (χ4n) is 2.73. The molecule has 1 amide bonds. The minimum Gasteiger partial charge on any atom is -0.489 e. The number of benzene rings is 2. The molecule has 3 rings (SSSR count).